The Balaban J connectivity index is 3.04. The normalized spacial score (nSPS) is 12.3. The van der Waals surface area contributed by atoms with E-state index < -0.39 is 6.04 Å². The van der Waals surface area contributed by atoms with E-state index >= 15 is 0 Å². The number of carbonyl (C=O) groups is 1. The van der Waals surface area contributed by atoms with Crippen LogP contribution in [-0.4, -0.2) is 31.8 Å². The van der Waals surface area contributed by atoms with Crippen molar-refractivity contribution in [1.82, 2.24) is 0 Å². The Kier molecular flexibility index (Phi) is 15.3. The summed E-state index contributed by atoms with van der Waals surface area (Å²) in [6.45, 7) is 5.40. The van der Waals surface area contributed by atoms with E-state index in [-0.39, 0.29) is 5.97 Å². The second-order valence-electron chi connectivity index (χ2n) is 5.75. The molecule has 0 aromatic heterocycles. The molecule has 0 saturated carbocycles. The Hall–Kier alpha value is -0.610. The van der Waals surface area contributed by atoms with E-state index in [0.717, 1.165) is 13.0 Å². The highest BCUT2D eigenvalue weighted by Crippen LogP contribution is 2.10. The number of esters is 1. The summed E-state index contributed by atoms with van der Waals surface area (Å²) in [6.07, 6.45) is 13.2. The molecule has 0 aliphatic rings. The van der Waals surface area contributed by atoms with Gasteiger partial charge in [0.25, 0.3) is 0 Å². The van der Waals surface area contributed by atoms with Crippen LogP contribution in [-0.2, 0) is 14.3 Å². The molecule has 0 radical (unpaired) electrons. The fourth-order valence-corrected chi connectivity index (χ4v) is 2.13. The van der Waals surface area contributed by atoms with Crippen LogP contribution in [0.1, 0.15) is 78.1 Å². The third-order valence-electron chi connectivity index (χ3n) is 3.49. The summed E-state index contributed by atoms with van der Waals surface area (Å²) in [5.41, 5.74) is 5.37. The van der Waals surface area contributed by atoms with Crippen molar-refractivity contribution < 1.29 is 14.3 Å². The molecular formula is C17H35NO3. The highest BCUT2D eigenvalue weighted by Gasteiger charge is 2.07. The SMILES string of the molecule is CCCCCCCCCCCCOCCOC(=O)[C@H](C)N. The minimum absolute atomic E-state index is 0.304. The molecule has 0 spiro atoms. The van der Waals surface area contributed by atoms with E-state index in [1.54, 1.807) is 6.92 Å². The predicted molar refractivity (Wildman–Crippen MR) is 87.3 cm³/mol. The smallest absolute Gasteiger partial charge is 0.322 e. The molecule has 0 aromatic carbocycles. The van der Waals surface area contributed by atoms with Crippen molar-refractivity contribution in [2.45, 2.75) is 84.1 Å². The van der Waals surface area contributed by atoms with Crippen LogP contribution in [0, 0.1) is 0 Å². The van der Waals surface area contributed by atoms with Crippen LogP contribution < -0.4 is 5.73 Å². The van der Waals surface area contributed by atoms with Crippen LogP contribution in [0.15, 0.2) is 0 Å². The quantitative estimate of drug-likeness (QED) is 0.369. The molecule has 0 saturated heterocycles. The lowest BCUT2D eigenvalue weighted by molar-refractivity contribution is -0.146. The number of nitrogens with two attached hydrogens (primary N) is 1. The number of ether oxygens (including phenoxy) is 2. The molecule has 126 valence electrons. The minimum Gasteiger partial charge on any atom is -0.462 e. The molecule has 0 fully saturated rings. The average Bonchev–Trinajstić information content (AvgIpc) is 2.47. The van der Waals surface area contributed by atoms with E-state index in [1.165, 1.54) is 57.8 Å². The molecule has 2 N–H and O–H groups in total. The van der Waals surface area contributed by atoms with Gasteiger partial charge >= 0.3 is 5.97 Å². The zero-order valence-electron chi connectivity index (χ0n) is 14.1. The molecule has 0 aliphatic carbocycles. The van der Waals surface area contributed by atoms with Gasteiger partial charge in [0.1, 0.15) is 12.6 Å². The van der Waals surface area contributed by atoms with Gasteiger partial charge in [0, 0.05) is 6.61 Å². The summed E-state index contributed by atoms with van der Waals surface area (Å²) in [5.74, 6) is -0.363. The van der Waals surface area contributed by atoms with Crippen molar-refractivity contribution in [2.24, 2.45) is 5.73 Å². The molecule has 0 amide bonds. The Morgan fingerprint density at radius 1 is 0.857 bits per heavy atom. The Bertz CT molecular complexity index is 232. The van der Waals surface area contributed by atoms with Crippen molar-refractivity contribution in [1.29, 1.82) is 0 Å². The highest BCUT2D eigenvalue weighted by molar-refractivity contribution is 5.74. The second-order valence-corrected chi connectivity index (χ2v) is 5.75. The molecule has 0 aliphatic heterocycles. The maximum atomic E-state index is 11.1. The van der Waals surface area contributed by atoms with Crippen molar-refractivity contribution in [3.63, 3.8) is 0 Å². The fourth-order valence-electron chi connectivity index (χ4n) is 2.13. The third kappa shape index (κ3) is 15.6. The lowest BCUT2D eigenvalue weighted by Crippen LogP contribution is -2.29. The van der Waals surface area contributed by atoms with Crippen molar-refractivity contribution in [3.05, 3.63) is 0 Å². The molecule has 1 atom stereocenters. The zero-order chi connectivity index (χ0) is 15.8. The van der Waals surface area contributed by atoms with Gasteiger partial charge in [-0.05, 0) is 13.3 Å². The summed E-state index contributed by atoms with van der Waals surface area (Å²) < 4.78 is 10.3. The molecule has 4 nitrogen and oxygen atoms in total. The lowest BCUT2D eigenvalue weighted by Gasteiger charge is -2.07. The van der Waals surface area contributed by atoms with Gasteiger partial charge in [-0.2, -0.15) is 0 Å². The van der Waals surface area contributed by atoms with E-state index in [1.807, 2.05) is 0 Å². The van der Waals surface area contributed by atoms with E-state index in [0.29, 0.717) is 13.2 Å². The van der Waals surface area contributed by atoms with Gasteiger partial charge in [0.15, 0.2) is 0 Å². The van der Waals surface area contributed by atoms with Gasteiger partial charge < -0.3 is 15.2 Å². The van der Waals surface area contributed by atoms with Crippen LogP contribution in [0.3, 0.4) is 0 Å². The molecule has 4 heteroatoms. The lowest BCUT2D eigenvalue weighted by atomic mass is 10.1. The molecule has 0 heterocycles. The van der Waals surface area contributed by atoms with Gasteiger partial charge in [-0.3, -0.25) is 4.79 Å². The molecule has 0 unspecified atom stereocenters. The van der Waals surface area contributed by atoms with Crippen LogP contribution >= 0.6 is 0 Å². The van der Waals surface area contributed by atoms with Gasteiger partial charge in [0.05, 0.1) is 6.61 Å². The summed E-state index contributed by atoms with van der Waals surface area (Å²) >= 11 is 0. The predicted octanol–water partition coefficient (Wildman–Crippen LogP) is 3.81. The van der Waals surface area contributed by atoms with E-state index in [9.17, 15) is 4.79 Å². The summed E-state index contributed by atoms with van der Waals surface area (Å²) in [7, 11) is 0. The zero-order valence-corrected chi connectivity index (χ0v) is 14.1. The van der Waals surface area contributed by atoms with Gasteiger partial charge in [-0.15, -0.1) is 0 Å². The number of unbranched alkanes of at least 4 members (excludes halogenated alkanes) is 9. The number of carbonyl (C=O) groups excluding carboxylic acids is 1. The summed E-state index contributed by atoms with van der Waals surface area (Å²) in [6, 6.07) is -0.549. The summed E-state index contributed by atoms with van der Waals surface area (Å²) in [4.78, 5) is 11.1. The number of hydrogen-bond acceptors (Lipinski definition) is 4. The van der Waals surface area contributed by atoms with Crippen molar-refractivity contribution in [3.8, 4) is 0 Å². The molecule has 0 bridgehead atoms. The van der Waals surface area contributed by atoms with Crippen molar-refractivity contribution >= 4 is 5.97 Å². The standard InChI is InChI=1S/C17H35NO3/c1-3-4-5-6-7-8-9-10-11-12-13-20-14-15-21-17(19)16(2)18/h16H,3-15,18H2,1-2H3/t16-/m0/s1. The van der Waals surface area contributed by atoms with Gasteiger partial charge in [-0.25, -0.2) is 0 Å². The monoisotopic (exact) mass is 301 g/mol. The number of hydrogen-bond donors (Lipinski definition) is 1. The molecule has 0 aromatic rings. The van der Waals surface area contributed by atoms with E-state index in [4.69, 9.17) is 15.2 Å². The maximum Gasteiger partial charge on any atom is 0.322 e. The van der Waals surface area contributed by atoms with Crippen LogP contribution in [0.4, 0.5) is 0 Å². The van der Waals surface area contributed by atoms with Crippen LogP contribution in [0.5, 0.6) is 0 Å². The van der Waals surface area contributed by atoms with Crippen molar-refractivity contribution in [2.75, 3.05) is 19.8 Å². The molecular weight excluding hydrogens is 266 g/mol. The largest absolute Gasteiger partial charge is 0.462 e. The van der Waals surface area contributed by atoms with Gasteiger partial charge in [-0.1, -0.05) is 64.7 Å². The minimum atomic E-state index is -0.549. The fraction of sp³-hybridized carbons (Fsp3) is 0.941. The van der Waals surface area contributed by atoms with Gasteiger partial charge in [0.2, 0.25) is 0 Å². The first kappa shape index (κ1) is 20.4. The first-order valence-electron chi connectivity index (χ1n) is 8.68. The first-order valence-corrected chi connectivity index (χ1v) is 8.68. The van der Waals surface area contributed by atoms with Crippen LogP contribution in [0.25, 0.3) is 0 Å². The molecule has 0 rings (SSSR count). The Morgan fingerprint density at radius 3 is 1.90 bits per heavy atom. The molecule has 21 heavy (non-hydrogen) atoms. The topological polar surface area (TPSA) is 61.5 Å². The summed E-state index contributed by atoms with van der Waals surface area (Å²) in [5, 5.41) is 0. The van der Waals surface area contributed by atoms with E-state index in [2.05, 4.69) is 6.92 Å². The maximum absolute atomic E-state index is 11.1. The first-order chi connectivity index (χ1) is 10.2. The third-order valence-corrected chi connectivity index (χ3v) is 3.49. The number of rotatable bonds is 15. The Labute approximate surface area is 130 Å². The van der Waals surface area contributed by atoms with Crippen LogP contribution in [0.2, 0.25) is 0 Å². The Morgan fingerprint density at radius 2 is 1.38 bits per heavy atom. The highest BCUT2D eigenvalue weighted by atomic mass is 16.6. The average molecular weight is 301 g/mol. The second kappa shape index (κ2) is 15.8.